The molecule has 0 spiro atoms. The van der Waals surface area contributed by atoms with Gasteiger partial charge in [-0.15, -0.1) is 11.6 Å². The second-order valence-electron chi connectivity index (χ2n) is 8.67. The molecular weight excluding hydrogens is 438 g/mol. The second-order valence-corrected chi connectivity index (χ2v) is 8.94. The molecule has 3 rings (SSSR count). The Morgan fingerprint density at radius 1 is 1.12 bits per heavy atom. The van der Waals surface area contributed by atoms with E-state index in [1.807, 2.05) is 39.0 Å². The molecule has 0 aliphatic rings. The molecule has 1 N–H and O–H groups in total. The Bertz CT molecular complexity index is 1150. The van der Waals surface area contributed by atoms with Gasteiger partial charge in [-0.05, 0) is 49.8 Å². The number of carbonyl (C=O) groups excluding carboxylic acids is 1. The smallest absolute Gasteiger partial charge is 0.258 e. The monoisotopic (exact) mass is 471 g/mol. The lowest BCUT2D eigenvalue weighted by molar-refractivity contribution is -0.111. The quantitative estimate of drug-likeness (QED) is 0.370. The third-order valence-electron chi connectivity index (χ3n) is 5.74. The molecule has 0 aliphatic heterocycles. The van der Waals surface area contributed by atoms with E-state index in [9.17, 15) is 9.59 Å². The van der Waals surface area contributed by atoms with E-state index in [0.29, 0.717) is 17.0 Å². The van der Waals surface area contributed by atoms with Crippen LogP contribution in [0.15, 0.2) is 47.3 Å². The standard InChI is InChI=1S/C26H30ClNO3.CH4O/c1-6-18-8-10-19(11-9-18)23-22-13-17(2)7-12-21(22)25(30)28(5)24(23)20(14-29)15-31-26(3,4)16-27;1-2/h7-14,20H,6,15-16H2,1-5H3;2H,1H3. The molecule has 6 heteroatoms. The number of pyridine rings is 1. The van der Waals surface area contributed by atoms with Gasteiger partial charge in [-0.25, -0.2) is 0 Å². The predicted octanol–water partition coefficient (Wildman–Crippen LogP) is 5.00. The molecule has 0 amide bonds. The van der Waals surface area contributed by atoms with Crippen molar-refractivity contribution in [2.75, 3.05) is 19.6 Å². The number of carbonyl (C=O) groups is 1. The van der Waals surface area contributed by atoms with Crippen LogP contribution in [0.2, 0.25) is 0 Å². The summed E-state index contributed by atoms with van der Waals surface area (Å²) in [6.07, 6.45) is 1.81. The SMILES string of the molecule is CCc1ccc(-c2c(C(C=O)COC(C)(C)CCl)n(C)c(=O)c3ccc(C)cc23)cc1.CO. The molecule has 1 heterocycles. The summed E-state index contributed by atoms with van der Waals surface area (Å²) >= 11 is 6.01. The highest BCUT2D eigenvalue weighted by atomic mass is 35.5. The zero-order chi connectivity index (χ0) is 24.8. The number of fused-ring (bicyclic) bond motifs is 1. The van der Waals surface area contributed by atoms with Gasteiger partial charge in [-0.3, -0.25) is 4.79 Å². The van der Waals surface area contributed by atoms with Crippen molar-refractivity contribution in [3.63, 3.8) is 0 Å². The first-order valence-corrected chi connectivity index (χ1v) is 11.6. The van der Waals surface area contributed by atoms with Gasteiger partial charge >= 0.3 is 0 Å². The van der Waals surface area contributed by atoms with Crippen LogP contribution in [-0.4, -0.2) is 41.2 Å². The van der Waals surface area contributed by atoms with Crippen LogP contribution in [0, 0.1) is 6.92 Å². The Hall–Kier alpha value is -2.47. The Morgan fingerprint density at radius 2 is 1.76 bits per heavy atom. The number of nitrogens with zero attached hydrogens (tertiary/aromatic N) is 1. The zero-order valence-electron chi connectivity index (χ0n) is 20.3. The topological polar surface area (TPSA) is 68.5 Å². The van der Waals surface area contributed by atoms with Crippen LogP contribution in [0.25, 0.3) is 21.9 Å². The fraction of sp³-hybridized carbons (Fsp3) is 0.407. The normalized spacial score (nSPS) is 12.2. The number of hydrogen-bond donors (Lipinski definition) is 1. The number of benzene rings is 2. The highest BCUT2D eigenvalue weighted by Crippen LogP contribution is 2.35. The van der Waals surface area contributed by atoms with E-state index in [1.165, 1.54) is 5.56 Å². The lowest BCUT2D eigenvalue weighted by Crippen LogP contribution is -2.31. The third-order valence-corrected chi connectivity index (χ3v) is 6.38. The van der Waals surface area contributed by atoms with Crippen LogP contribution in [-0.2, 0) is 23.0 Å². The highest BCUT2D eigenvalue weighted by molar-refractivity contribution is 6.18. The molecule has 0 radical (unpaired) electrons. The minimum Gasteiger partial charge on any atom is -0.400 e. The first-order chi connectivity index (χ1) is 15.7. The summed E-state index contributed by atoms with van der Waals surface area (Å²) in [6, 6.07) is 14.1. The van der Waals surface area contributed by atoms with Gasteiger partial charge in [0, 0.05) is 30.8 Å². The predicted molar refractivity (Wildman–Crippen MR) is 136 cm³/mol. The molecule has 0 saturated carbocycles. The van der Waals surface area contributed by atoms with Crippen LogP contribution < -0.4 is 5.56 Å². The van der Waals surface area contributed by atoms with Gasteiger partial charge in [-0.2, -0.15) is 0 Å². The summed E-state index contributed by atoms with van der Waals surface area (Å²) in [4.78, 5) is 25.4. The Morgan fingerprint density at radius 3 is 2.30 bits per heavy atom. The van der Waals surface area contributed by atoms with Crippen molar-refractivity contribution >= 4 is 28.7 Å². The summed E-state index contributed by atoms with van der Waals surface area (Å²) in [5.74, 6) is -0.300. The Kier molecular flexibility index (Phi) is 9.41. The Balaban J connectivity index is 0.00000187. The van der Waals surface area contributed by atoms with E-state index in [1.54, 1.807) is 11.6 Å². The molecule has 0 saturated heterocycles. The fourth-order valence-corrected chi connectivity index (χ4v) is 3.91. The van der Waals surface area contributed by atoms with E-state index >= 15 is 0 Å². The number of aromatic nitrogens is 1. The zero-order valence-corrected chi connectivity index (χ0v) is 21.1. The maximum absolute atomic E-state index is 13.2. The number of hydrogen-bond acceptors (Lipinski definition) is 4. The molecule has 0 bridgehead atoms. The third kappa shape index (κ3) is 5.91. The summed E-state index contributed by atoms with van der Waals surface area (Å²) < 4.78 is 7.56. The van der Waals surface area contributed by atoms with E-state index < -0.39 is 11.5 Å². The molecule has 1 atom stereocenters. The first kappa shape index (κ1) is 26.8. The number of aliphatic hydroxyl groups excluding tert-OH is 1. The molecule has 0 fully saturated rings. The van der Waals surface area contributed by atoms with Crippen molar-refractivity contribution in [2.45, 2.75) is 45.6 Å². The average Bonchev–Trinajstić information content (AvgIpc) is 2.83. The summed E-state index contributed by atoms with van der Waals surface area (Å²) in [5.41, 5.74) is 4.12. The fourth-order valence-electron chi connectivity index (χ4n) is 3.83. The summed E-state index contributed by atoms with van der Waals surface area (Å²) in [6.45, 7) is 8.03. The minimum absolute atomic E-state index is 0.123. The van der Waals surface area contributed by atoms with Crippen molar-refractivity contribution in [3.05, 3.63) is 69.6 Å². The van der Waals surface area contributed by atoms with Gasteiger partial charge in [0.15, 0.2) is 0 Å². The van der Waals surface area contributed by atoms with Gasteiger partial charge in [-0.1, -0.05) is 48.9 Å². The van der Waals surface area contributed by atoms with Gasteiger partial charge in [0.25, 0.3) is 5.56 Å². The van der Waals surface area contributed by atoms with Crippen LogP contribution in [0.4, 0.5) is 0 Å². The molecule has 178 valence electrons. The number of aryl methyl sites for hydroxylation is 2. The van der Waals surface area contributed by atoms with Crippen molar-refractivity contribution < 1.29 is 14.6 Å². The van der Waals surface area contributed by atoms with Gasteiger partial charge in [0.1, 0.15) is 6.29 Å². The maximum atomic E-state index is 13.2. The average molecular weight is 472 g/mol. The highest BCUT2D eigenvalue weighted by Gasteiger charge is 2.26. The van der Waals surface area contributed by atoms with Crippen LogP contribution in [0.5, 0.6) is 0 Å². The van der Waals surface area contributed by atoms with E-state index in [0.717, 1.165) is 41.9 Å². The summed E-state index contributed by atoms with van der Waals surface area (Å²) in [5, 5.41) is 8.49. The minimum atomic E-state index is -0.606. The number of aldehydes is 1. The molecule has 2 aromatic carbocycles. The van der Waals surface area contributed by atoms with Crippen molar-refractivity contribution in [1.29, 1.82) is 0 Å². The number of aliphatic hydroxyl groups is 1. The molecule has 5 nitrogen and oxygen atoms in total. The Labute approximate surface area is 201 Å². The van der Waals surface area contributed by atoms with Gasteiger partial charge in [0.2, 0.25) is 0 Å². The largest absolute Gasteiger partial charge is 0.400 e. The van der Waals surface area contributed by atoms with E-state index in [-0.39, 0.29) is 12.2 Å². The van der Waals surface area contributed by atoms with Crippen LogP contribution in [0.1, 0.15) is 43.5 Å². The van der Waals surface area contributed by atoms with Gasteiger partial charge in [0.05, 0.1) is 24.0 Å². The maximum Gasteiger partial charge on any atom is 0.258 e. The molecule has 0 aliphatic carbocycles. The number of halogens is 1. The molecule has 3 aromatic rings. The number of ether oxygens (including phenoxy) is 1. The van der Waals surface area contributed by atoms with Crippen molar-refractivity contribution in [2.24, 2.45) is 7.05 Å². The lowest BCUT2D eigenvalue weighted by atomic mass is 9.90. The van der Waals surface area contributed by atoms with E-state index in [4.69, 9.17) is 21.4 Å². The number of alkyl halides is 1. The molecule has 33 heavy (non-hydrogen) atoms. The molecule has 1 unspecified atom stereocenters. The summed E-state index contributed by atoms with van der Waals surface area (Å²) in [7, 11) is 2.73. The second kappa shape index (κ2) is 11.6. The van der Waals surface area contributed by atoms with E-state index in [2.05, 4.69) is 31.2 Å². The molecular formula is C27H34ClNO4. The first-order valence-electron chi connectivity index (χ1n) is 11.0. The van der Waals surface area contributed by atoms with Crippen molar-refractivity contribution in [3.8, 4) is 11.1 Å². The molecule has 1 aromatic heterocycles. The van der Waals surface area contributed by atoms with Crippen LogP contribution in [0.3, 0.4) is 0 Å². The van der Waals surface area contributed by atoms with Crippen LogP contribution >= 0.6 is 11.6 Å². The van der Waals surface area contributed by atoms with Crippen molar-refractivity contribution in [1.82, 2.24) is 4.57 Å². The van der Waals surface area contributed by atoms with Gasteiger partial charge < -0.3 is 19.2 Å². The lowest BCUT2D eigenvalue weighted by Gasteiger charge is -2.27. The number of rotatable bonds is 8.